The van der Waals surface area contributed by atoms with Gasteiger partial charge in [0.05, 0.1) is 0 Å². The summed E-state index contributed by atoms with van der Waals surface area (Å²) in [6.45, 7) is 4.13. The summed E-state index contributed by atoms with van der Waals surface area (Å²) >= 11 is 0. The first-order chi connectivity index (χ1) is 13.3. The van der Waals surface area contributed by atoms with Crippen molar-refractivity contribution >= 4 is 0 Å². The smallest absolute Gasteiger partial charge is 0.121 e. The molecule has 2 nitrogen and oxygen atoms in total. The quantitative estimate of drug-likeness (QED) is 0.480. The molecule has 0 amide bonds. The van der Waals surface area contributed by atoms with Gasteiger partial charge in [-0.05, 0) is 36.8 Å². The largest absolute Gasteiger partial charge is 0.368 e. The van der Waals surface area contributed by atoms with Crippen molar-refractivity contribution in [2.45, 2.75) is 44.6 Å². The van der Waals surface area contributed by atoms with Crippen LogP contribution in [0.4, 0.5) is 0 Å². The van der Waals surface area contributed by atoms with Crippen LogP contribution in [0.1, 0.15) is 50.2 Å². The maximum Gasteiger partial charge on any atom is 0.121 e. The molecule has 1 fully saturated rings. The summed E-state index contributed by atoms with van der Waals surface area (Å²) < 4.78 is 6.26. The molecule has 144 valence electrons. The molecule has 0 aliphatic heterocycles. The number of nitrogens with one attached hydrogen (secondary N) is 1. The summed E-state index contributed by atoms with van der Waals surface area (Å²) in [6, 6.07) is 21.2. The van der Waals surface area contributed by atoms with E-state index in [4.69, 9.17) is 4.74 Å². The van der Waals surface area contributed by atoms with Gasteiger partial charge in [-0.25, -0.2) is 0 Å². The van der Waals surface area contributed by atoms with Gasteiger partial charge < -0.3 is 10.1 Å². The molecule has 1 aliphatic carbocycles. The topological polar surface area (TPSA) is 21.3 Å². The molecular weight excluding hydrogens is 330 g/mol. The molecule has 2 heteroatoms. The minimum absolute atomic E-state index is 0.289. The van der Waals surface area contributed by atoms with Gasteiger partial charge in [0, 0.05) is 26.1 Å². The van der Waals surface area contributed by atoms with E-state index in [1.54, 1.807) is 5.57 Å². The average molecular weight is 364 g/mol. The number of benzene rings is 2. The number of hydrogen-bond acceptors (Lipinski definition) is 2. The Balaban J connectivity index is 1.76. The van der Waals surface area contributed by atoms with E-state index in [2.05, 4.69) is 79.0 Å². The van der Waals surface area contributed by atoms with Crippen molar-refractivity contribution in [1.29, 1.82) is 0 Å². The third-order valence-corrected chi connectivity index (χ3v) is 5.90. The van der Waals surface area contributed by atoms with Gasteiger partial charge in [-0.3, -0.25) is 0 Å². The summed E-state index contributed by atoms with van der Waals surface area (Å²) in [5.41, 5.74) is 3.59. The lowest BCUT2D eigenvalue weighted by Gasteiger charge is -2.39. The Hall–Kier alpha value is -1.90. The van der Waals surface area contributed by atoms with Crippen LogP contribution in [0.3, 0.4) is 0 Å². The molecule has 2 aromatic rings. The van der Waals surface area contributed by atoms with Gasteiger partial charge in [-0.1, -0.05) is 85.7 Å². The Labute approximate surface area is 164 Å². The van der Waals surface area contributed by atoms with Crippen LogP contribution >= 0.6 is 0 Å². The standard InChI is InChI=1S/C25H33NO/c1-21(20-26-19-18-22-12-6-3-7-13-22)25(27-2,23-14-8-4-9-15-23)24-16-10-5-11-17-24/h4-5,8-11,14-18,21,26H,3,6-7,12-13,19-20H2,1-2H3. The third-order valence-electron chi connectivity index (χ3n) is 5.90. The van der Waals surface area contributed by atoms with E-state index < -0.39 is 5.60 Å². The highest BCUT2D eigenvalue weighted by molar-refractivity contribution is 5.37. The molecule has 1 aliphatic rings. The lowest BCUT2D eigenvalue weighted by Crippen LogP contribution is -2.42. The highest BCUT2D eigenvalue weighted by Gasteiger charge is 2.39. The minimum Gasteiger partial charge on any atom is -0.368 e. The SMILES string of the molecule is COC(c1ccccc1)(c1ccccc1)C(C)CNCC=C1CCCCC1. The van der Waals surface area contributed by atoms with E-state index in [1.165, 1.54) is 43.2 Å². The Morgan fingerprint density at radius 2 is 1.48 bits per heavy atom. The monoisotopic (exact) mass is 363 g/mol. The second-order valence-electron chi connectivity index (χ2n) is 7.65. The van der Waals surface area contributed by atoms with Crippen molar-refractivity contribution in [3.8, 4) is 0 Å². The maximum absolute atomic E-state index is 6.26. The predicted octanol–water partition coefficient (Wildman–Crippen LogP) is 5.69. The molecule has 0 saturated heterocycles. The molecule has 2 aromatic carbocycles. The summed E-state index contributed by atoms with van der Waals surface area (Å²) in [4.78, 5) is 0. The fraction of sp³-hybridized carbons (Fsp3) is 0.440. The van der Waals surface area contributed by atoms with Gasteiger partial charge >= 0.3 is 0 Å². The lowest BCUT2D eigenvalue weighted by molar-refractivity contribution is -0.0228. The van der Waals surface area contributed by atoms with Crippen LogP contribution in [0.25, 0.3) is 0 Å². The Morgan fingerprint density at radius 1 is 0.926 bits per heavy atom. The molecule has 3 rings (SSSR count). The number of hydrogen-bond donors (Lipinski definition) is 1. The summed E-state index contributed by atoms with van der Waals surface area (Å²) in [5, 5.41) is 3.66. The van der Waals surface area contributed by atoms with Crippen LogP contribution in [0.2, 0.25) is 0 Å². The van der Waals surface area contributed by atoms with E-state index in [0.29, 0.717) is 0 Å². The molecule has 0 aromatic heterocycles. The van der Waals surface area contributed by atoms with E-state index in [0.717, 1.165) is 13.1 Å². The highest BCUT2D eigenvalue weighted by Crippen LogP contribution is 2.39. The first kappa shape index (κ1) is 19.9. The van der Waals surface area contributed by atoms with Crippen molar-refractivity contribution in [3.63, 3.8) is 0 Å². The molecule has 1 unspecified atom stereocenters. The second kappa shape index (κ2) is 9.87. The van der Waals surface area contributed by atoms with E-state index >= 15 is 0 Å². The Kier molecular flexibility index (Phi) is 7.25. The zero-order valence-corrected chi connectivity index (χ0v) is 16.8. The number of rotatable bonds is 8. The van der Waals surface area contributed by atoms with E-state index in [-0.39, 0.29) is 5.92 Å². The van der Waals surface area contributed by atoms with Crippen molar-refractivity contribution < 1.29 is 4.74 Å². The minimum atomic E-state index is -0.451. The number of methoxy groups -OCH3 is 1. The zero-order chi connectivity index (χ0) is 19.0. The van der Waals surface area contributed by atoms with Crippen LogP contribution in [-0.2, 0) is 10.3 Å². The van der Waals surface area contributed by atoms with Crippen LogP contribution in [0.5, 0.6) is 0 Å². The molecule has 27 heavy (non-hydrogen) atoms. The zero-order valence-electron chi connectivity index (χ0n) is 16.8. The average Bonchev–Trinajstić information content (AvgIpc) is 2.74. The van der Waals surface area contributed by atoms with Gasteiger partial charge in [0.25, 0.3) is 0 Å². The van der Waals surface area contributed by atoms with Gasteiger partial charge in [-0.15, -0.1) is 0 Å². The van der Waals surface area contributed by atoms with Crippen molar-refractivity contribution in [1.82, 2.24) is 5.32 Å². The normalized spacial score (nSPS) is 16.1. The number of allylic oxidation sites excluding steroid dienone is 1. The van der Waals surface area contributed by atoms with Gasteiger partial charge in [-0.2, -0.15) is 0 Å². The van der Waals surface area contributed by atoms with Crippen molar-refractivity contribution in [2.75, 3.05) is 20.2 Å². The molecule has 0 heterocycles. The Morgan fingerprint density at radius 3 is 2.00 bits per heavy atom. The molecule has 1 N–H and O–H groups in total. The second-order valence-corrected chi connectivity index (χ2v) is 7.65. The highest BCUT2D eigenvalue weighted by atomic mass is 16.5. The molecule has 0 radical (unpaired) electrons. The van der Waals surface area contributed by atoms with Crippen LogP contribution in [0.15, 0.2) is 72.3 Å². The molecule has 0 spiro atoms. The fourth-order valence-corrected chi connectivity index (χ4v) is 4.41. The van der Waals surface area contributed by atoms with Gasteiger partial charge in [0.2, 0.25) is 0 Å². The lowest BCUT2D eigenvalue weighted by atomic mass is 9.76. The first-order valence-corrected chi connectivity index (χ1v) is 10.3. The third kappa shape index (κ3) is 4.69. The van der Waals surface area contributed by atoms with Gasteiger partial charge in [0.15, 0.2) is 0 Å². The predicted molar refractivity (Wildman–Crippen MR) is 114 cm³/mol. The van der Waals surface area contributed by atoms with Crippen LogP contribution < -0.4 is 5.32 Å². The summed E-state index contributed by atoms with van der Waals surface area (Å²) in [5.74, 6) is 0.289. The molecule has 0 bridgehead atoms. The molecular formula is C25H33NO. The van der Waals surface area contributed by atoms with Crippen LogP contribution in [0, 0.1) is 5.92 Å². The van der Waals surface area contributed by atoms with E-state index in [1.807, 2.05) is 7.11 Å². The van der Waals surface area contributed by atoms with Crippen LogP contribution in [-0.4, -0.2) is 20.2 Å². The van der Waals surface area contributed by atoms with Crippen molar-refractivity contribution in [2.24, 2.45) is 5.92 Å². The maximum atomic E-state index is 6.26. The number of ether oxygens (including phenoxy) is 1. The Bertz CT molecular complexity index is 660. The van der Waals surface area contributed by atoms with Gasteiger partial charge in [0.1, 0.15) is 5.60 Å². The molecule has 1 atom stereocenters. The molecule has 1 saturated carbocycles. The van der Waals surface area contributed by atoms with E-state index in [9.17, 15) is 0 Å². The van der Waals surface area contributed by atoms with Crippen molar-refractivity contribution in [3.05, 3.63) is 83.4 Å². The first-order valence-electron chi connectivity index (χ1n) is 10.3. The summed E-state index contributed by atoms with van der Waals surface area (Å²) in [7, 11) is 1.83. The fourth-order valence-electron chi connectivity index (χ4n) is 4.41. The summed E-state index contributed by atoms with van der Waals surface area (Å²) in [6.07, 6.45) is 9.09.